The van der Waals surface area contributed by atoms with E-state index in [4.69, 9.17) is 23.2 Å². The van der Waals surface area contributed by atoms with Crippen LogP contribution in [0.5, 0.6) is 0 Å². The third-order valence-electron chi connectivity index (χ3n) is 3.76. The topological polar surface area (TPSA) is 30.7 Å². The SMILES string of the molecule is CCC(C)CC(C)n1c(C(C)Cl)nc2cc(Cl)cnc21. The van der Waals surface area contributed by atoms with E-state index >= 15 is 0 Å². The van der Waals surface area contributed by atoms with Gasteiger partial charge in [0.15, 0.2) is 5.65 Å². The molecule has 0 saturated heterocycles. The first-order chi connectivity index (χ1) is 9.43. The average Bonchev–Trinajstić information content (AvgIpc) is 2.76. The van der Waals surface area contributed by atoms with Gasteiger partial charge >= 0.3 is 0 Å². The highest BCUT2D eigenvalue weighted by atomic mass is 35.5. The molecule has 0 fully saturated rings. The second kappa shape index (κ2) is 6.31. The van der Waals surface area contributed by atoms with Gasteiger partial charge in [0.25, 0.3) is 0 Å². The first kappa shape index (κ1) is 15.6. The average molecular weight is 314 g/mol. The van der Waals surface area contributed by atoms with Gasteiger partial charge in [-0.2, -0.15) is 0 Å². The molecule has 0 aromatic carbocycles. The molecule has 2 heterocycles. The fourth-order valence-electron chi connectivity index (χ4n) is 2.54. The molecule has 0 spiro atoms. The number of rotatable bonds is 5. The zero-order chi connectivity index (χ0) is 14.9. The fraction of sp³-hybridized carbons (Fsp3) is 0.600. The maximum atomic E-state index is 6.29. The summed E-state index contributed by atoms with van der Waals surface area (Å²) in [5.41, 5.74) is 1.68. The summed E-state index contributed by atoms with van der Waals surface area (Å²) < 4.78 is 2.16. The third-order valence-corrected chi connectivity index (χ3v) is 4.16. The first-order valence-corrected chi connectivity index (χ1v) is 7.92. The van der Waals surface area contributed by atoms with E-state index < -0.39 is 0 Å². The Bertz CT molecular complexity index is 592. The molecule has 110 valence electrons. The van der Waals surface area contributed by atoms with Crippen molar-refractivity contribution in [2.24, 2.45) is 5.92 Å². The Morgan fingerprint density at radius 2 is 2.00 bits per heavy atom. The Morgan fingerprint density at radius 1 is 1.30 bits per heavy atom. The van der Waals surface area contributed by atoms with E-state index in [-0.39, 0.29) is 5.38 Å². The van der Waals surface area contributed by atoms with Crippen LogP contribution in [-0.2, 0) is 0 Å². The van der Waals surface area contributed by atoms with Crippen molar-refractivity contribution in [1.82, 2.24) is 14.5 Å². The molecule has 3 nitrogen and oxygen atoms in total. The van der Waals surface area contributed by atoms with Gasteiger partial charge in [0.2, 0.25) is 0 Å². The highest BCUT2D eigenvalue weighted by Gasteiger charge is 2.21. The summed E-state index contributed by atoms with van der Waals surface area (Å²) in [5.74, 6) is 1.53. The fourth-order valence-corrected chi connectivity index (χ4v) is 2.85. The minimum absolute atomic E-state index is 0.151. The Labute approximate surface area is 130 Å². The Morgan fingerprint density at radius 3 is 2.60 bits per heavy atom. The van der Waals surface area contributed by atoms with Crippen molar-refractivity contribution in [2.45, 2.75) is 52.0 Å². The quantitative estimate of drug-likeness (QED) is 0.693. The van der Waals surface area contributed by atoms with Crippen LogP contribution in [0.15, 0.2) is 12.3 Å². The van der Waals surface area contributed by atoms with Crippen LogP contribution in [0.25, 0.3) is 11.2 Å². The number of fused-ring (bicyclic) bond motifs is 1. The lowest BCUT2D eigenvalue weighted by molar-refractivity contribution is 0.395. The number of pyridine rings is 1. The van der Waals surface area contributed by atoms with Crippen molar-refractivity contribution in [3.05, 3.63) is 23.1 Å². The van der Waals surface area contributed by atoms with Crippen molar-refractivity contribution in [2.75, 3.05) is 0 Å². The van der Waals surface area contributed by atoms with E-state index in [9.17, 15) is 0 Å². The lowest BCUT2D eigenvalue weighted by atomic mass is 10.00. The van der Waals surface area contributed by atoms with E-state index in [0.717, 1.165) is 23.4 Å². The van der Waals surface area contributed by atoms with E-state index in [1.54, 1.807) is 6.20 Å². The summed E-state index contributed by atoms with van der Waals surface area (Å²) >= 11 is 12.3. The molecule has 0 aliphatic heterocycles. The molecule has 20 heavy (non-hydrogen) atoms. The van der Waals surface area contributed by atoms with Crippen molar-refractivity contribution in [3.63, 3.8) is 0 Å². The van der Waals surface area contributed by atoms with Gasteiger partial charge < -0.3 is 4.57 Å². The van der Waals surface area contributed by atoms with Crippen LogP contribution in [0.1, 0.15) is 57.8 Å². The number of alkyl halides is 1. The lowest BCUT2D eigenvalue weighted by Crippen LogP contribution is -2.13. The molecule has 0 saturated carbocycles. The van der Waals surface area contributed by atoms with Gasteiger partial charge in [-0.3, -0.25) is 0 Å². The van der Waals surface area contributed by atoms with Crippen LogP contribution in [-0.4, -0.2) is 14.5 Å². The minimum Gasteiger partial charge on any atom is -0.309 e. The van der Waals surface area contributed by atoms with Crippen molar-refractivity contribution in [3.8, 4) is 0 Å². The molecule has 3 atom stereocenters. The van der Waals surface area contributed by atoms with Crippen LogP contribution in [0, 0.1) is 5.92 Å². The van der Waals surface area contributed by atoms with Gasteiger partial charge in [-0.1, -0.05) is 31.9 Å². The van der Waals surface area contributed by atoms with E-state index in [1.807, 2.05) is 13.0 Å². The van der Waals surface area contributed by atoms with Crippen LogP contribution in [0.4, 0.5) is 0 Å². The molecule has 0 aliphatic rings. The zero-order valence-electron chi connectivity index (χ0n) is 12.4. The predicted octanol–water partition coefficient (Wildman–Crippen LogP) is 5.38. The number of aromatic nitrogens is 3. The largest absolute Gasteiger partial charge is 0.309 e. The summed E-state index contributed by atoms with van der Waals surface area (Å²) in [7, 11) is 0. The Hall–Kier alpha value is -0.800. The number of hydrogen-bond acceptors (Lipinski definition) is 2. The molecule has 0 radical (unpaired) electrons. The zero-order valence-corrected chi connectivity index (χ0v) is 13.9. The highest BCUT2D eigenvalue weighted by Crippen LogP contribution is 2.31. The maximum Gasteiger partial charge on any atom is 0.160 e. The smallest absolute Gasteiger partial charge is 0.160 e. The maximum absolute atomic E-state index is 6.29. The number of hydrogen-bond donors (Lipinski definition) is 0. The van der Waals surface area contributed by atoms with Gasteiger partial charge in [0, 0.05) is 12.2 Å². The van der Waals surface area contributed by atoms with Crippen molar-refractivity contribution in [1.29, 1.82) is 0 Å². The molecular formula is C15H21Cl2N3. The molecule has 0 aliphatic carbocycles. The minimum atomic E-state index is -0.151. The lowest BCUT2D eigenvalue weighted by Gasteiger charge is -2.20. The number of nitrogens with zero attached hydrogens (tertiary/aromatic N) is 3. The monoisotopic (exact) mass is 313 g/mol. The van der Waals surface area contributed by atoms with Gasteiger partial charge in [-0.05, 0) is 32.3 Å². The molecule has 3 unspecified atom stereocenters. The molecular weight excluding hydrogens is 293 g/mol. The summed E-state index contributed by atoms with van der Waals surface area (Å²) in [6.07, 6.45) is 3.92. The molecule has 0 bridgehead atoms. The molecule has 0 N–H and O–H groups in total. The van der Waals surface area contributed by atoms with Gasteiger partial charge in [0.05, 0.1) is 10.4 Å². The van der Waals surface area contributed by atoms with E-state index in [0.29, 0.717) is 17.0 Å². The first-order valence-electron chi connectivity index (χ1n) is 7.11. The Balaban J connectivity index is 2.51. The summed E-state index contributed by atoms with van der Waals surface area (Å²) in [6, 6.07) is 2.17. The molecule has 2 aromatic heterocycles. The predicted molar refractivity (Wildman–Crippen MR) is 85.6 cm³/mol. The van der Waals surface area contributed by atoms with Crippen LogP contribution >= 0.6 is 23.2 Å². The third kappa shape index (κ3) is 3.09. The standard InChI is InChI=1S/C15H21Cl2N3/c1-5-9(2)6-10(3)20-14(11(4)16)19-13-7-12(17)8-18-15(13)20/h7-11H,5-6H2,1-4H3. The van der Waals surface area contributed by atoms with Gasteiger partial charge in [0.1, 0.15) is 11.3 Å². The van der Waals surface area contributed by atoms with E-state index in [1.165, 1.54) is 6.42 Å². The second-order valence-corrected chi connectivity index (χ2v) is 6.64. The van der Waals surface area contributed by atoms with E-state index in [2.05, 4.69) is 35.3 Å². The van der Waals surface area contributed by atoms with Gasteiger partial charge in [-0.25, -0.2) is 9.97 Å². The van der Waals surface area contributed by atoms with Crippen LogP contribution in [0.2, 0.25) is 5.02 Å². The summed E-state index contributed by atoms with van der Waals surface area (Å²) in [5, 5.41) is 0.452. The number of halogens is 2. The normalized spacial score (nSPS) is 16.3. The summed E-state index contributed by atoms with van der Waals surface area (Å²) in [6.45, 7) is 8.62. The molecule has 0 amide bonds. The van der Waals surface area contributed by atoms with Crippen LogP contribution in [0.3, 0.4) is 0 Å². The Kier molecular flexibility index (Phi) is 4.92. The van der Waals surface area contributed by atoms with Crippen LogP contribution < -0.4 is 0 Å². The molecule has 5 heteroatoms. The number of imidazole rings is 1. The van der Waals surface area contributed by atoms with Gasteiger partial charge in [-0.15, -0.1) is 11.6 Å². The van der Waals surface area contributed by atoms with Crippen molar-refractivity contribution >= 4 is 34.4 Å². The second-order valence-electron chi connectivity index (χ2n) is 5.55. The molecule has 2 aromatic rings. The highest BCUT2D eigenvalue weighted by molar-refractivity contribution is 6.31. The summed E-state index contributed by atoms with van der Waals surface area (Å²) in [4.78, 5) is 9.06. The molecule has 2 rings (SSSR count). The van der Waals surface area contributed by atoms with Crippen molar-refractivity contribution < 1.29 is 0 Å².